The van der Waals surface area contributed by atoms with Crippen molar-refractivity contribution in [1.82, 2.24) is 5.32 Å². The number of hydrogen-bond acceptors (Lipinski definition) is 3. The highest BCUT2D eigenvalue weighted by Crippen LogP contribution is 2.15. The van der Waals surface area contributed by atoms with Crippen LogP contribution in [0, 0.1) is 0 Å². The molecule has 2 unspecified atom stereocenters. The van der Waals surface area contributed by atoms with Crippen molar-refractivity contribution < 1.29 is 15.0 Å². The van der Waals surface area contributed by atoms with Gasteiger partial charge in [-0.05, 0) is 83.5 Å². The minimum Gasteiger partial charge on any atom is -0.394 e. The van der Waals surface area contributed by atoms with Gasteiger partial charge in [0.2, 0.25) is 5.91 Å². The van der Waals surface area contributed by atoms with Crippen LogP contribution in [0.1, 0.15) is 226 Å². The lowest BCUT2D eigenvalue weighted by Gasteiger charge is -2.19. The van der Waals surface area contributed by atoms with Crippen molar-refractivity contribution >= 4 is 5.91 Å². The zero-order chi connectivity index (χ0) is 42.8. The predicted molar refractivity (Wildman–Crippen MR) is 262 cm³/mol. The molecule has 3 N–H and O–H groups in total. The summed E-state index contributed by atoms with van der Waals surface area (Å²) < 4.78 is 0. The molecule has 0 aliphatic carbocycles. The number of unbranched alkanes of at least 4 members (excludes halogenated alkanes) is 23. The summed E-state index contributed by atoms with van der Waals surface area (Å²) >= 11 is 0. The van der Waals surface area contributed by atoms with E-state index in [2.05, 4.69) is 104 Å². The minimum absolute atomic E-state index is 0.0915. The lowest BCUT2D eigenvalue weighted by molar-refractivity contribution is -0.123. The van der Waals surface area contributed by atoms with Crippen LogP contribution in [0.3, 0.4) is 0 Å². The van der Waals surface area contributed by atoms with Gasteiger partial charge in [-0.25, -0.2) is 0 Å². The maximum atomic E-state index is 12.4. The molecule has 0 aliphatic rings. The van der Waals surface area contributed by atoms with Crippen LogP contribution in [0.4, 0.5) is 0 Å². The van der Waals surface area contributed by atoms with E-state index < -0.39 is 12.1 Å². The smallest absolute Gasteiger partial charge is 0.220 e. The van der Waals surface area contributed by atoms with E-state index in [1.165, 1.54) is 122 Å². The number of rotatable bonds is 44. The van der Waals surface area contributed by atoms with Gasteiger partial charge in [-0.15, -0.1) is 0 Å². The zero-order valence-electron chi connectivity index (χ0n) is 38.7. The summed E-state index contributed by atoms with van der Waals surface area (Å²) in [5.74, 6) is -0.0915. The fourth-order valence-corrected chi connectivity index (χ4v) is 7.02. The van der Waals surface area contributed by atoms with Crippen LogP contribution < -0.4 is 5.32 Å². The molecule has 0 rings (SSSR count). The second-order valence-electron chi connectivity index (χ2n) is 16.5. The molecule has 4 heteroatoms. The number of aliphatic hydroxyl groups excluding tert-OH is 2. The zero-order valence-corrected chi connectivity index (χ0v) is 38.7. The third-order valence-electron chi connectivity index (χ3n) is 10.8. The first-order valence-electron chi connectivity index (χ1n) is 25.0. The first-order valence-corrected chi connectivity index (χ1v) is 25.0. The molecular weight excluding hydrogens is 723 g/mol. The normalized spacial score (nSPS) is 13.8. The molecule has 0 aromatic rings. The fraction of sp³-hybridized carbons (Fsp3) is 0.691. The van der Waals surface area contributed by atoms with Crippen LogP contribution in [0.25, 0.3) is 0 Å². The van der Waals surface area contributed by atoms with Gasteiger partial charge in [-0.3, -0.25) is 4.79 Å². The van der Waals surface area contributed by atoms with E-state index in [9.17, 15) is 15.0 Å². The lowest BCUT2D eigenvalue weighted by Crippen LogP contribution is -2.45. The van der Waals surface area contributed by atoms with Crippen molar-refractivity contribution in [2.75, 3.05) is 6.61 Å². The monoisotopic (exact) mass is 818 g/mol. The number of carbonyl (C=O) groups is 1. The molecule has 2 atom stereocenters. The molecule has 0 heterocycles. The molecular formula is C55H95NO3. The Morgan fingerprint density at radius 2 is 0.763 bits per heavy atom. The molecule has 59 heavy (non-hydrogen) atoms. The first kappa shape index (κ1) is 56.3. The largest absolute Gasteiger partial charge is 0.394 e. The Balaban J connectivity index is 3.66. The molecule has 338 valence electrons. The highest BCUT2D eigenvalue weighted by Gasteiger charge is 2.17. The van der Waals surface area contributed by atoms with E-state index in [4.69, 9.17) is 0 Å². The second kappa shape index (κ2) is 49.7. The van der Waals surface area contributed by atoms with E-state index in [0.717, 1.165) is 83.5 Å². The van der Waals surface area contributed by atoms with Crippen molar-refractivity contribution in [1.29, 1.82) is 0 Å². The lowest BCUT2D eigenvalue weighted by atomic mass is 10.0. The van der Waals surface area contributed by atoms with E-state index in [-0.39, 0.29) is 12.5 Å². The topological polar surface area (TPSA) is 69.6 Å². The highest BCUT2D eigenvalue weighted by molar-refractivity contribution is 5.76. The van der Waals surface area contributed by atoms with Crippen LogP contribution in [-0.4, -0.2) is 34.9 Å². The number of nitrogens with one attached hydrogen (secondary N) is 1. The maximum absolute atomic E-state index is 12.4. The van der Waals surface area contributed by atoms with E-state index in [1.54, 1.807) is 6.08 Å². The number of allylic oxidation sites excluding steroid dienone is 15. The van der Waals surface area contributed by atoms with Crippen molar-refractivity contribution in [3.63, 3.8) is 0 Å². The molecule has 0 aromatic carbocycles. The minimum atomic E-state index is -0.876. The van der Waals surface area contributed by atoms with Gasteiger partial charge in [0.15, 0.2) is 0 Å². The number of aliphatic hydroxyl groups is 2. The molecule has 0 fully saturated rings. The van der Waals surface area contributed by atoms with Crippen LogP contribution in [0.15, 0.2) is 97.2 Å². The molecule has 0 bridgehead atoms. The van der Waals surface area contributed by atoms with Gasteiger partial charge in [0, 0.05) is 6.42 Å². The molecule has 0 saturated carbocycles. The Kier molecular flexibility index (Phi) is 47.4. The Labute approximate surface area is 366 Å². The Morgan fingerprint density at radius 1 is 0.424 bits per heavy atom. The Hall–Kier alpha value is -2.69. The van der Waals surface area contributed by atoms with Gasteiger partial charge in [-0.2, -0.15) is 0 Å². The molecule has 0 aliphatic heterocycles. The molecule has 4 nitrogen and oxygen atoms in total. The van der Waals surface area contributed by atoms with E-state index in [1.807, 2.05) is 6.08 Å². The summed E-state index contributed by atoms with van der Waals surface area (Å²) in [7, 11) is 0. The first-order chi connectivity index (χ1) is 29.2. The SMILES string of the molecule is CC/C=C\C/C=C\C/C=C\C/C=C\C/C=C\C/C=C\CCCCCCCCC(=O)NC(CO)C(O)/C=C/CC/C=C/CCCCCCCCCCCCCCCCCC. The summed E-state index contributed by atoms with van der Waals surface area (Å²) in [5.41, 5.74) is 0. The van der Waals surface area contributed by atoms with Gasteiger partial charge >= 0.3 is 0 Å². The summed E-state index contributed by atoms with van der Waals surface area (Å²) in [5, 5.41) is 23.1. The summed E-state index contributed by atoms with van der Waals surface area (Å²) in [6.07, 6.45) is 73.9. The van der Waals surface area contributed by atoms with Gasteiger partial charge in [0.05, 0.1) is 18.8 Å². The van der Waals surface area contributed by atoms with Crippen molar-refractivity contribution in [3.8, 4) is 0 Å². The standard InChI is InChI=1S/C55H95NO3/c1-3-5-7-9-11-13-15-17-19-21-23-25-27-28-29-31-33-35-37-39-41-43-45-47-49-51-55(59)56-53(52-57)54(58)50-48-46-44-42-40-38-36-34-32-30-26-24-22-20-18-16-14-12-10-8-6-4-2/h5,7,11,13,17,19,23,25,28-29,33,35,40,42,48,50,53-54,57-58H,3-4,6,8-10,12,14-16,18,20-22,24,26-27,30-32,34,36-39,41,43-47,49,51-52H2,1-2H3,(H,56,59)/b7-5-,13-11-,19-17-,25-23-,29-28-,35-33-,42-40+,50-48+. The average molecular weight is 818 g/mol. The number of hydrogen-bond donors (Lipinski definition) is 3. The average Bonchev–Trinajstić information content (AvgIpc) is 3.24. The molecule has 0 saturated heterocycles. The molecule has 1 amide bonds. The third kappa shape index (κ3) is 46.2. The van der Waals surface area contributed by atoms with Crippen LogP contribution >= 0.6 is 0 Å². The van der Waals surface area contributed by atoms with Crippen LogP contribution in [0.5, 0.6) is 0 Å². The van der Waals surface area contributed by atoms with Gasteiger partial charge in [0.25, 0.3) is 0 Å². The van der Waals surface area contributed by atoms with Crippen molar-refractivity contribution in [2.24, 2.45) is 0 Å². The van der Waals surface area contributed by atoms with E-state index >= 15 is 0 Å². The number of amides is 1. The maximum Gasteiger partial charge on any atom is 0.220 e. The molecule has 0 spiro atoms. The highest BCUT2D eigenvalue weighted by atomic mass is 16.3. The fourth-order valence-electron chi connectivity index (χ4n) is 7.02. The van der Waals surface area contributed by atoms with Gasteiger partial charge < -0.3 is 15.5 Å². The van der Waals surface area contributed by atoms with Gasteiger partial charge in [0.1, 0.15) is 0 Å². The third-order valence-corrected chi connectivity index (χ3v) is 10.8. The Morgan fingerprint density at radius 3 is 1.19 bits per heavy atom. The van der Waals surface area contributed by atoms with Crippen LogP contribution in [-0.2, 0) is 4.79 Å². The summed E-state index contributed by atoms with van der Waals surface area (Å²) in [6.45, 7) is 4.18. The predicted octanol–water partition coefficient (Wildman–Crippen LogP) is 16.2. The molecule has 0 aromatic heterocycles. The Bertz CT molecular complexity index is 1110. The summed E-state index contributed by atoms with van der Waals surface area (Å²) in [4.78, 5) is 12.4. The number of carbonyl (C=O) groups excluding carboxylic acids is 1. The summed E-state index contributed by atoms with van der Waals surface area (Å²) in [6, 6.07) is -0.654. The van der Waals surface area contributed by atoms with E-state index in [0.29, 0.717) is 6.42 Å². The van der Waals surface area contributed by atoms with Crippen molar-refractivity contribution in [3.05, 3.63) is 97.2 Å². The quantitative estimate of drug-likeness (QED) is 0.0424. The molecule has 0 radical (unpaired) electrons. The van der Waals surface area contributed by atoms with Crippen LogP contribution in [0.2, 0.25) is 0 Å². The van der Waals surface area contributed by atoms with Crippen molar-refractivity contribution in [2.45, 2.75) is 238 Å². The van der Waals surface area contributed by atoms with Gasteiger partial charge in [-0.1, -0.05) is 233 Å². The second-order valence-corrected chi connectivity index (χ2v) is 16.5.